The zero-order valence-corrected chi connectivity index (χ0v) is 15.4. The minimum Gasteiger partial charge on any atom is -0.384 e. The predicted octanol–water partition coefficient (Wildman–Crippen LogP) is 2.72. The molecule has 2 N–H and O–H groups in total. The number of aromatic nitrogens is 2. The minimum atomic E-state index is 0.392. The first kappa shape index (κ1) is 17.2. The number of nitrogens with two attached hydrogens (primary N) is 1. The average molecular weight is 353 g/mol. The second-order valence-corrected chi connectivity index (χ2v) is 7.12. The molecule has 1 atom stereocenters. The molecule has 2 saturated heterocycles. The molecule has 2 fully saturated rings. The smallest absolute Gasteiger partial charge is 0.227 e. The molecule has 0 spiro atoms. The fourth-order valence-corrected chi connectivity index (χ4v) is 3.77. The van der Waals surface area contributed by atoms with Crippen LogP contribution >= 0.6 is 0 Å². The summed E-state index contributed by atoms with van der Waals surface area (Å²) >= 11 is 0. The van der Waals surface area contributed by atoms with Gasteiger partial charge in [-0.1, -0.05) is 24.3 Å². The van der Waals surface area contributed by atoms with Crippen molar-refractivity contribution in [3.8, 4) is 11.3 Å². The molecule has 26 heavy (non-hydrogen) atoms. The first-order chi connectivity index (χ1) is 12.7. The maximum Gasteiger partial charge on any atom is 0.227 e. The Kier molecular flexibility index (Phi) is 5.04. The van der Waals surface area contributed by atoms with Gasteiger partial charge in [0.1, 0.15) is 5.82 Å². The van der Waals surface area contributed by atoms with E-state index in [0.717, 1.165) is 56.6 Å². The van der Waals surface area contributed by atoms with Crippen LogP contribution in [0, 0.1) is 0 Å². The van der Waals surface area contributed by atoms with Gasteiger partial charge in [0.15, 0.2) is 0 Å². The van der Waals surface area contributed by atoms with E-state index in [1.54, 1.807) is 0 Å². The van der Waals surface area contributed by atoms with Crippen molar-refractivity contribution in [2.24, 2.45) is 0 Å². The van der Waals surface area contributed by atoms with E-state index in [1.807, 2.05) is 6.07 Å². The molecular weight excluding hydrogens is 326 g/mol. The van der Waals surface area contributed by atoms with Gasteiger partial charge < -0.3 is 15.4 Å². The highest BCUT2D eigenvalue weighted by Crippen LogP contribution is 2.27. The van der Waals surface area contributed by atoms with Crippen LogP contribution in [-0.4, -0.2) is 54.3 Å². The topological polar surface area (TPSA) is 67.5 Å². The van der Waals surface area contributed by atoms with Crippen LogP contribution in [0.5, 0.6) is 0 Å². The number of ether oxygens (including phenoxy) is 1. The molecule has 0 bridgehead atoms. The number of nitrogens with zero attached hydrogens (tertiary/aromatic N) is 4. The maximum atomic E-state index is 6.04. The van der Waals surface area contributed by atoms with Gasteiger partial charge in [0.05, 0.1) is 18.9 Å². The van der Waals surface area contributed by atoms with Crippen molar-refractivity contribution in [1.29, 1.82) is 0 Å². The van der Waals surface area contributed by atoms with Crippen molar-refractivity contribution in [2.75, 3.05) is 50.0 Å². The average Bonchev–Trinajstić information content (AvgIpc) is 3.23. The van der Waals surface area contributed by atoms with Gasteiger partial charge in [-0.15, -0.1) is 0 Å². The molecule has 0 saturated carbocycles. The summed E-state index contributed by atoms with van der Waals surface area (Å²) in [6.07, 6.45) is 2.39. The van der Waals surface area contributed by atoms with Crippen LogP contribution in [0.1, 0.15) is 31.4 Å². The molecule has 2 aliphatic heterocycles. The summed E-state index contributed by atoms with van der Waals surface area (Å²) in [4.78, 5) is 13.9. The first-order valence-electron chi connectivity index (χ1n) is 9.52. The zero-order chi connectivity index (χ0) is 17.9. The maximum absolute atomic E-state index is 6.04. The van der Waals surface area contributed by atoms with E-state index in [0.29, 0.717) is 11.9 Å². The van der Waals surface area contributed by atoms with E-state index in [4.69, 9.17) is 15.5 Å². The van der Waals surface area contributed by atoms with Crippen molar-refractivity contribution in [3.05, 3.63) is 35.9 Å². The van der Waals surface area contributed by atoms with Crippen LogP contribution in [0.25, 0.3) is 11.3 Å². The Morgan fingerprint density at radius 2 is 1.69 bits per heavy atom. The van der Waals surface area contributed by atoms with Crippen LogP contribution in [0.15, 0.2) is 30.3 Å². The molecule has 138 valence electrons. The van der Waals surface area contributed by atoms with Gasteiger partial charge in [0.2, 0.25) is 5.95 Å². The zero-order valence-electron chi connectivity index (χ0n) is 15.4. The Morgan fingerprint density at radius 3 is 2.38 bits per heavy atom. The van der Waals surface area contributed by atoms with Gasteiger partial charge in [-0.25, -0.2) is 4.98 Å². The molecule has 0 radical (unpaired) electrons. The Labute approximate surface area is 155 Å². The molecule has 0 unspecified atom stereocenters. The first-order valence-corrected chi connectivity index (χ1v) is 9.52. The van der Waals surface area contributed by atoms with Gasteiger partial charge in [-0.2, -0.15) is 4.98 Å². The van der Waals surface area contributed by atoms with E-state index in [-0.39, 0.29) is 0 Å². The van der Waals surface area contributed by atoms with Gasteiger partial charge in [0.25, 0.3) is 0 Å². The normalized spacial score (nSPS) is 19.7. The predicted molar refractivity (Wildman–Crippen MR) is 104 cm³/mol. The number of benzene rings is 1. The Balaban J connectivity index is 1.54. The third kappa shape index (κ3) is 3.66. The molecule has 4 rings (SSSR count). The van der Waals surface area contributed by atoms with Crippen LogP contribution in [0.3, 0.4) is 0 Å². The number of anilines is 2. The van der Waals surface area contributed by atoms with Gasteiger partial charge in [0, 0.05) is 43.9 Å². The fraction of sp³-hybridized carbons (Fsp3) is 0.500. The molecule has 2 aliphatic rings. The third-order valence-electron chi connectivity index (χ3n) is 5.41. The lowest BCUT2D eigenvalue weighted by Crippen LogP contribution is -2.37. The summed E-state index contributed by atoms with van der Waals surface area (Å²) < 4.78 is 5.46. The van der Waals surface area contributed by atoms with Gasteiger partial charge in [-0.3, -0.25) is 4.90 Å². The lowest BCUT2D eigenvalue weighted by atomic mass is 10.0. The lowest BCUT2D eigenvalue weighted by molar-refractivity contribution is 0.0198. The molecule has 0 aliphatic carbocycles. The molecule has 1 aromatic heterocycles. The standard InChI is InChI=1S/C20H27N5O/c1-15(24-10-12-26-13-11-24)16-4-6-17(7-5-16)18-14-19(21)23-20(22-18)25-8-2-3-9-25/h4-7,14-15H,2-3,8-13H2,1H3,(H2,21,22,23)/t15-/m1/s1. The van der Waals surface area contributed by atoms with Gasteiger partial charge >= 0.3 is 0 Å². The van der Waals surface area contributed by atoms with Crippen molar-refractivity contribution in [1.82, 2.24) is 14.9 Å². The largest absolute Gasteiger partial charge is 0.384 e. The third-order valence-corrected chi connectivity index (χ3v) is 5.41. The summed E-state index contributed by atoms with van der Waals surface area (Å²) in [6, 6.07) is 10.9. The van der Waals surface area contributed by atoms with E-state index in [2.05, 4.69) is 46.0 Å². The summed E-state index contributed by atoms with van der Waals surface area (Å²) in [7, 11) is 0. The summed E-state index contributed by atoms with van der Waals surface area (Å²) in [5.41, 5.74) is 9.34. The SMILES string of the molecule is C[C@H](c1ccc(-c2cc(N)nc(N3CCCC3)n2)cc1)N1CCOCC1. The highest BCUT2D eigenvalue weighted by molar-refractivity contribution is 5.64. The molecule has 3 heterocycles. The molecule has 1 aromatic carbocycles. The van der Waals surface area contributed by atoms with Crippen molar-refractivity contribution < 1.29 is 4.74 Å². The summed E-state index contributed by atoms with van der Waals surface area (Å²) in [5, 5.41) is 0. The number of morpholine rings is 1. The van der Waals surface area contributed by atoms with Crippen LogP contribution < -0.4 is 10.6 Å². The number of rotatable bonds is 4. The monoisotopic (exact) mass is 353 g/mol. The van der Waals surface area contributed by atoms with E-state index < -0.39 is 0 Å². The Morgan fingerprint density at radius 1 is 1.00 bits per heavy atom. The van der Waals surface area contributed by atoms with E-state index in [1.165, 1.54) is 18.4 Å². The fourth-order valence-electron chi connectivity index (χ4n) is 3.77. The highest BCUT2D eigenvalue weighted by atomic mass is 16.5. The molecule has 6 heteroatoms. The number of hydrogen-bond donors (Lipinski definition) is 1. The summed E-state index contributed by atoms with van der Waals surface area (Å²) in [6.45, 7) is 7.91. The Hall–Kier alpha value is -2.18. The van der Waals surface area contributed by atoms with Crippen molar-refractivity contribution >= 4 is 11.8 Å². The summed E-state index contributed by atoms with van der Waals surface area (Å²) in [5.74, 6) is 1.28. The van der Waals surface area contributed by atoms with Crippen LogP contribution in [-0.2, 0) is 4.74 Å². The van der Waals surface area contributed by atoms with Crippen LogP contribution in [0.2, 0.25) is 0 Å². The second kappa shape index (κ2) is 7.60. The van der Waals surface area contributed by atoms with Crippen molar-refractivity contribution in [2.45, 2.75) is 25.8 Å². The van der Waals surface area contributed by atoms with E-state index in [9.17, 15) is 0 Å². The number of hydrogen-bond acceptors (Lipinski definition) is 6. The van der Waals surface area contributed by atoms with Crippen LogP contribution in [0.4, 0.5) is 11.8 Å². The highest BCUT2D eigenvalue weighted by Gasteiger charge is 2.19. The molecule has 0 amide bonds. The molecule has 2 aromatic rings. The Bertz CT molecular complexity index is 736. The molecular formula is C20H27N5O. The quantitative estimate of drug-likeness (QED) is 0.912. The molecule has 6 nitrogen and oxygen atoms in total. The van der Waals surface area contributed by atoms with E-state index >= 15 is 0 Å². The minimum absolute atomic E-state index is 0.392. The second-order valence-electron chi connectivity index (χ2n) is 7.12. The lowest BCUT2D eigenvalue weighted by Gasteiger charge is -2.32. The van der Waals surface area contributed by atoms with Crippen molar-refractivity contribution in [3.63, 3.8) is 0 Å². The van der Waals surface area contributed by atoms with Gasteiger partial charge in [-0.05, 0) is 25.3 Å². The number of nitrogen functional groups attached to an aromatic ring is 1.